The average molecular weight is 271 g/mol. The molecule has 1 saturated heterocycles. The minimum Gasteiger partial charge on any atom is -0.364 e. The summed E-state index contributed by atoms with van der Waals surface area (Å²) >= 11 is 0. The van der Waals surface area contributed by atoms with Crippen LogP contribution in [0.5, 0.6) is 0 Å². The number of piperidine rings is 1. The molecule has 5 nitrogen and oxygen atoms in total. The zero-order chi connectivity index (χ0) is 13.8. The number of hydrogen-bond donors (Lipinski definition) is 2. The van der Waals surface area contributed by atoms with Crippen molar-refractivity contribution in [3.8, 4) is 0 Å². The Morgan fingerprint density at radius 3 is 2.90 bits per heavy atom. The first-order valence-electron chi connectivity index (χ1n) is 6.88. The van der Waals surface area contributed by atoms with Crippen LogP contribution in [-0.2, 0) is 0 Å². The number of para-hydroxylation sites is 1. The molecule has 1 aromatic carbocycles. The zero-order valence-electron chi connectivity index (χ0n) is 11.1. The molecular weight excluding hydrogens is 254 g/mol. The summed E-state index contributed by atoms with van der Waals surface area (Å²) in [6, 6.07) is 9.49. The third-order valence-electron chi connectivity index (χ3n) is 3.51. The lowest BCUT2D eigenvalue weighted by atomic mass is 9.99. The van der Waals surface area contributed by atoms with Gasteiger partial charge in [0, 0.05) is 5.69 Å². The van der Waals surface area contributed by atoms with E-state index in [1.165, 1.54) is 12.7 Å². The Morgan fingerprint density at radius 2 is 2.15 bits per heavy atom. The van der Waals surface area contributed by atoms with Crippen LogP contribution in [0.2, 0.25) is 0 Å². The van der Waals surface area contributed by atoms with Crippen molar-refractivity contribution in [3.05, 3.63) is 47.9 Å². The Hall–Kier alpha value is -2.14. The van der Waals surface area contributed by atoms with Gasteiger partial charge < -0.3 is 15.2 Å². The number of nitrogens with zero attached hydrogens (tertiary/aromatic N) is 1. The Balaban J connectivity index is 1.77. The molecule has 2 N–H and O–H groups in total. The lowest BCUT2D eigenvalue weighted by molar-refractivity contribution is 0.102. The first-order valence-corrected chi connectivity index (χ1v) is 6.88. The van der Waals surface area contributed by atoms with Gasteiger partial charge in [0.15, 0.2) is 0 Å². The van der Waals surface area contributed by atoms with E-state index < -0.39 is 0 Å². The molecule has 1 fully saturated rings. The molecule has 1 aliphatic rings. The van der Waals surface area contributed by atoms with Gasteiger partial charge in [0.25, 0.3) is 5.91 Å². The molecule has 20 heavy (non-hydrogen) atoms. The van der Waals surface area contributed by atoms with Crippen molar-refractivity contribution in [1.29, 1.82) is 0 Å². The van der Waals surface area contributed by atoms with E-state index in [2.05, 4.69) is 15.8 Å². The number of benzene rings is 1. The minimum atomic E-state index is -0.181. The van der Waals surface area contributed by atoms with Gasteiger partial charge in [0.1, 0.15) is 17.5 Å². The number of nitrogens with one attached hydrogen (secondary N) is 2. The van der Waals surface area contributed by atoms with Gasteiger partial charge in [-0.05, 0) is 31.5 Å². The van der Waals surface area contributed by atoms with E-state index in [4.69, 9.17) is 4.52 Å². The van der Waals surface area contributed by atoms with Crippen molar-refractivity contribution in [2.75, 3.05) is 11.9 Å². The van der Waals surface area contributed by atoms with Crippen LogP contribution in [0, 0.1) is 0 Å². The van der Waals surface area contributed by atoms with Crippen molar-refractivity contribution in [1.82, 2.24) is 10.5 Å². The number of amides is 1. The minimum absolute atomic E-state index is 0.110. The van der Waals surface area contributed by atoms with Gasteiger partial charge in [-0.25, -0.2) is 0 Å². The number of anilines is 1. The number of carbonyl (C=O) groups is 1. The van der Waals surface area contributed by atoms with Crippen LogP contribution in [0.3, 0.4) is 0 Å². The molecule has 1 atom stereocenters. The number of carbonyl (C=O) groups excluding carboxylic acids is 1. The summed E-state index contributed by atoms with van der Waals surface area (Å²) in [6.45, 7) is 0.956. The predicted octanol–water partition coefficient (Wildman–Crippen LogP) is 2.74. The Bertz CT molecular complexity index is 574. The third kappa shape index (κ3) is 2.72. The second kappa shape index (κ2) is 5.88. The van der Waals surface area contributed by atoms with E-state index in [-0.39, 0.29) is 11.9 Å². The van der Waals surface area contributed by atoms with Crippen molar-refractivity contribution in [3.63, 3.8) is 0 Å². The molecule has 1 aliphatic heterocycles. The van der Waals surface area contributed by atoms with E-state index in [0.29, 0.717) is 11.3 Å². The van der Waals surface area contributed by atoms with E-state index >= 15 is 0 Å². The highest BCUT2D eigenvalue weighted by Crippen LogP contribution is 2.25. The number of hydrogen-bond acceptors (Lipinski definition) is 4. The van der Waals surface area contributed by atoms with E-state index in [1.807, 2.05) is 30.3 Å². The molecule has 1 amide bonds. The largest absolute Gasteiger partial charge is 0.364 e. The second-order valence-corrected chi connectivity index (χ2v) is 4.94. The molecule has 0 bridgehead atoms. The SMILES string of the molecule is O=C(Nc1ccccc1)c1conc1C1CCCCN1. The van der Waals surface area contributed by atoms with Gasteiger partial charge in [-0.3, -0.25) is 4.79 Å². The molecule has 5 heteroatoms. The van der Waals surface area contributed by atoms with Crippen LogP contribution in [0.1, 0.15) is 41.4 Å². The van der Waals surface area contributed by atoms with Crippen molar-refractivity contribution in [2.24, 2.45) is 0 Å². The fourth-order valence-electron chi connectivity index (χ4n) is 2.47. The molecule has 1 aromatic heterocycles. The van der Waals surface area contributed by atoms with Gasteiger partial charge in [0.2, 0.25) is 0 Å². The van der Waals surface area contributed by atoms with Crippen molar-refractivity contribution in [2.45, 2.75) is 25.3 Å². The van der Waals surface area contributed by atoms with Crippen LogP contribution in [0.15, 0.2) is 41.1 Å². The highest BCUT2D eigenvalue weighted by Gasteiger charge is 2.24. The highest BCUT2D eigenvalue weighted by molar-refractivity contribution is 6.04. The first kappa shape index (κ1) is 12.9. The second-order valence-electron chi connectivity index (χ2n) is 4.94. The number of aromatic nitrogens is 1. The lowest BCUT2D eigenvalue weighted by Crippen LogP contribution is -2.28. The quantitative estimate of drug-likeness (QED) is 0.900. The fourth-order valence-corrected chi connectivity index (χ4v) is 2.47. The Kier molecular flexibility index (Phi) is 3.78. The van der Waals surface area contributed by atoms with E-state index in [9.17, 15) is 4.79 Å². The van der Waals surface area contributed by atoms with E-state index in [0.717, 1.165) is 25.1 Å². The van der Waals surface area contributed by atoms with Crippen molar-refractivity contribution >= 4 is 11.6 Å². The van der Waals surface area contributed by atoms with E-state index in [1.54, 1.807) is 0 Å². The predicted molar refractivity (Wildman–Crippen MR) is 75.5 cm³/mol. The van der Waals surface area contributed by atoms with Crippen LogP contribution in [-0.4, -0.2) is 17.6 Å². The van der Waals surface area contributed by atoms with Crippen molar-refractivity contribution < 1.29 is 9.32 Å². The van der Waals surface area contributed by atoms with Crippen LogP contribution in [0.4, 0.5) is 5.69 Å². The summed E-state index contributed by atoms with van der Waals surface area (Å²) in [7, 11) is 0. The van der Waals surface area contributed by atoms with Crippen LogP contribution >= 0.6 is 0 Å². The summed E-state index contributed by atoms with van der Waals surface area (Å²) in [5.74, 6) is -0.181. The molecule has 2 heterocycles. The summed E-state index contributed by atoms with van der Waals surface area (Å²) in [5, 5.41) is 10.2. The maximum absolute atomic E-state index is 12.3. The number of rotatable bonds is 3. The van der Waals surface area contributed by atoms with Gasteiger partial charge in [0.05, 0.1) is 6.04 Å². The van der Waals surface area contributed by atoms with Crippen LogP contribution < -0.4 is 10.6 Å². The van der Waals surface area contributed by atoms with Gasteiger partial charge in [-0.15, -0.1) is 0 Å². The monoisotopic (exact) mass is 271 g/mol. The zero-order valence-corrected chi connectivity index (χ0v) is 11.1. The molecule has 2 aromatic rings. The maximum atomic E-state index is 12.3. The molecule has 1 unspecified atom stereocenters. The standard InChI is InChI=1S/C15H17N3O2/c19-15(17-11-6-2-1-3-7-11)12-10-20-18-14(12)13-8-4-5-9-16-13/h1-3,6-7,10,13,16H,4-5,8-9H2,(H,17,19). The molecule has 0 saturated carbocycles. The molecule has 3 rings (SSSR count). The highest BCUT2D eigenvalue weighted by atomic mass is 16.5. The molecular formula is C15H17N3O2. The summed E-state index contributed by atoms with van der Waals surface area (Å²) < 4.78 is 5.01. The average Bonchev–Trinajstić information content (AvgIpc) is 2.99. The molecule has 0 aliphatic carbocycles. The smallest absolute Gasteiger partial charge is 0.260 e. The topological polar surface area (TPSA) is 67.2 Å². The summed E-state index contributed by atoms with van der Waals surface area (Å²) in [4.78, 5) is 12.3. The van der Waals surface area contributed by atoms with Gasteiger partial charge in [-0.1, -0.05) is 29.8 Å². The first-order chi connectivity index (χ1) is 9.84. The van der Waals surface area contributed by atoms with Gasteiger partial charge in [-0.2, -0.15) is 0 Å². The fraction of sp³-hybridized carbons (Fsp3) is 0.333. The van der Waals surface area contributed by atoms with Gasteiger partial charge >= 0.3 is 0 Å². The van der Waals surface area contributed by atoms with Crippen LogP contribution in [0.25, 0.3) is 0 Å². The lowest BCUT2D eigenvalue weighted by Gasteiger charge is -2.22. The maximum Gasteiger partial charge on any atom is 0.260 e. The third-order valence-corrected chi connectivity index (χ3v) is 3.51. The normalized spacial score (nSPS) is 18.7. The Morgan fingerprint density at radius 1 is 1.30 bits per heavy atom. The summed E-state index contributed by atoms with van der Waals surface area (Å²) in [6.07, 6.45) is 4.71. The Labute approximate surface area is 117 Å². The molecule has 0 spiro atoms. The molecule has 104 valence electrons. The summed E-state index contributed by atoms with van der Waals surface area (Å²) in [5.41, 5.74) is 1.98. The molecule has 0 radical (unpaired) electrons.